The molecule has 0 aromatic rings. The zero-order valence-corrected chi connectivity index (χ0v) is 8.18. The van der Waals surface area contributed by atoms with Crippen LogP contribution in [0, 0.1) is 0 Å². The first-order valence-electron chi connectivity index (χ1n) is 4.03. The molecule has 0 atom stereocenters. The topological polar surface area (TPSA) is 64.3 Å². The van der Waals surface area contributed by atoms with Gasteiger partial charge in [-0.05, 0) is 27.7 Å². The van der Waals surface area contributed by atoms with Crippen LogP contribution in [0.5, 0.6) is 0 Å². The normalized spacial score (nSPS) is 11.5. The summed E-state index contributed by atoms with van der Waals surface area (Å²) in [7, 11) is 0. The fraction of sp³-hybridized carbons (Fsp3) is 0.875. The molecule has 0 fully saturated rings. The summed E-state index contributed by atoms with van der Waals surface area (Å²) in [6, 6.07) is 0.0957. The number of nitrogens with one attached hydrogen (secondary N) is 1. The number of hydrogen-bond acceptors (Lipinski definition) is 3. The van der Waals surface area contributed by atoms with E-state index in [0.29, 0.717) is 0 Å². The fourth-order valence-corrected chi connectivity index (χ4v) is 0.529. The number of carbonyl (C=O) groups is 1. The maximum Gasteiger partial charge on any atom is 0.407 e. The standard InChI is InChI=1S/C8H18N2O2/c1-6(2)10-7(11)12-5-8(3,4)9/h6H,5,9H2,1-4H3,(H,10,11). The number of ether oxygens (including phenoxy) is 1. The van der Waals surface area contributed by atoms with Crippen molar-refractivity contribution in [3.05, 3.63) is 0 Å². The van der Waals surface area contributed by atoms with Gasteiger partial charge in [-0.1, -0.05) is 0 Å². The molecular weight excluding hydrogens is 156 g/mol. The van der Waals surface area contributed by atoms with Crippen molar-refractivity contribution < 1.29 is 9.53 Å². The van der Waals surface area contributed by atoms with Crippen molar-refractivity contribution in [3.8, 4) is 0 Å². The van der Waals surface area contributed by atoms with Crippen LogP contribution in [-0.4, -0.2) is 24.3 Å². The van der Waals surface area contributed by atoms with Crippen molar-refractivity contribution in [1.82, 2.24) is 5.32 Å². The van der Waals surface area contributed by atoms with Crippen LogP contribution in [0.3, 0.4) is 0 Å². The van der Waals surface area contributed by atoms with Crippen molar-refractivity contribution in [1.29, 1.82) is 0 Å². The molecule has 4 heteroatoms. The number of carbonyl (C=O) groups excluding carboxylic acids is 1. The van der Waals surface area contributed by atoms with Gasteiger partial charge in [0.25, 0.3) is 0 Å². The zero-order valence-electron chi connectivity index (χ0n) is 8.18. The molecule has 0 aliphatic carbocycles. The van der Waals surface area contributed by atoms with Crippen LogP contribution in [0.4, 0.5) is 4.79 Å². The zero-order chi connectivity index (χ0) is 9.78. The molecule has 0 rings (SSSR count). The molecule has 0 heterocycles. The molecule has 0 unspecified atom stereocenters. The Labute approximate surface area is 73.5 Å². The average molecular weight is 174 g/mol. The lowest BCUT2D eigenvalue weighted by atomic mass is 10.1. The van der Waals surface area contributed by atoms with E-state index in [-0.39, 0.29) is 12.6 Å². The van der Waals surface area contributed by atoms with Gasteiger partial charge in [0, 0.05) is 11.6 Å². The summed E-state index contributed by atoms with van der Waals surface area (Å²) in [6.07, 6.45) is -0.413. The van der Waals surface area contributed by atoms with E-state index in [2.05, 4.69) is 5.32 Å². The molecule has 3 N–H and O–H groups in total. The molecule has 0 aromatic heterocycles. The molecule has 1 amide bonds. The van der Waals surface area contributed by atoms with Crippen LogP contribution in [-0.2, 0) is 4.74 Å². The summed E-state index contributed by atoms with van der Waals surface area (Å²) in [5.41, 5.74) is 5.15. The first-order chi connectivity index (χ1) is 5.31. The SMILES string of the molecule is CC(C)NC(=O)OCC(C)(C)N. The monoisotopic (exact) mass is 174 g/mol. The van der Waals surface area contributed by atoms with E-state index in [0.717, 1.165) is 0 Å². The molecule has 12 heavy (non-hydrogen) atoms. The molecule has 0 spiro atoms. The van der Waals surface area contributed by atoms with E-state index in [1.54, 1.807) is 13.8 Å². The van der Waals surface area contributed by atoms with Crippen molar-refractivity contribution in [2.24, 2.45) is 5.73 Å². The second kappa shape index (κ2) is 4.30. The fourth-order valence-electron chi connectivity index (χ4n) is 0.529. The highest BCUT2D eigenvalue weighted by atomic mass is 16.5. The van der Waals surface area contributed by atoms with Gasteiger partial charge in [-0.3, -0.25) is 0 Å². The summed E-state index contributed by atoms with van der Waals surface area (Å²) in [5.74, 6) is 0. The predicted octanol–water partition coefficient (Wildman–Crippen LogP) is 0.858. The summed E-state index contributed by atoms with van der Waals surface area (Å²) in [6.45, 7) is 7.57. The molecule has 72 valence electrons. The highest BCUT2D eigenvalue weighted by Gasteiger charge is 2.13. The Bertz CT molecular complexity index is 150. The summed E-state index contributed by atoms with van der Waals surface area (Å²) in [4.78, 5) is 10.9. The maximum absolute atomic E-state index is 10.9. The van der Waals surface area contributed by atoms with Gasteiger partial charge in [0.2, 0.25) is 0 Å². The highest BCUT2D eigenvalue weighted by Crippen LogP contribution is 1.97. The number of nitrogens with two attached hydrogens (primary N) is 1. The Balaban J connectivity index is 3.58. The van der Waals surface area contributed by atoms with Gasteiger partial charge in [-0.15, -0.1) is 0 Å². The third-order valence-electron chi connectivity index (χ3n) is 0.982. The maximum atomic E-state index is 10.9. The van der Waals surface area contributed by atoms with Crippen LogP contribution >= 0.6 is 0 Å². The van der Waals surface area contributed by atoms with Gasteiger partial charge in [0.1, 0.15) is 6.61 Å². The molecule has 4 nitrogen and oxygen atoms in total. The van der Waals surface area contributed by atoms with E-state index in [4.69, 9.17) is 10.5 Å². The minimum absolute atomic E-state index is 0.0957. The summed E-state index contributed by atoms with van der Waals surface area (Å²) in [5, 5.41) is 2.60. The second-order valence-corrected chi connectivity index (χ2v) is 3.86. The van der Waals surface area contributed by atoms with Gasteiger partial charge < -0.3 is 15.8 Å². The van der Waals surface area contributed by atoms with Gasteiger partial charge >= 0.3 is 6.09 Å². The summed E-state index contributed by atoms with van der Waals surface area (Å²) < 4.78 is 4.84. The molecule has 0 radical (unpaired) electrons. The van der Waals surface area contributed by atoms with Crippen molar-refractivity contribution in [2.45, 2.75) is 39.3 Å². The number of amides is 1. The molecule has 0 saturated heterocycles. The van der Waals surface area contributed by atoms with Gasteiger partial charge in [0.15, 0.2) is 0 Å². The van der Waals surface area contributed by atoms with Gasteiger partial charge in [-0.2, -0.15) is 0 Å². The van der Waals surface area contributed by atoms with Crippen LogP contribution in [0.15, 0.2) is 0 Å². The molecule has 0 aliphatic heterocycles. The van der Waals surface area contributed by atoms with E-state index >= 15 is 0 Å². The Morgan fingerprint density at radius 2 is 2.08 bits per heavy atom. The largest absolute Gasteiger partial charge is 0.448 e. The first kappa shape index (κ1) is 11.2. The lowest BCUT2D eigenvalue weighted by Gasteiger charge is -2.18. The Morgan fingerprint density at radius 1 is 1.58 bits per heavy atom. The minimum atomic E-state index is -0.464. The number of alkyl carbamates (subject to hydrolysis) is 1. The molecule has 0 aromatic carbocycles. The van der Waals surface area contributed by atoms with Crippen LogP contribution in [0.1, 0.15) is 27.7 Å². The lowest BCUT2D eigenvalue weighted by molar-refractivity contribution is 0.122. The molecule has 0 saturated carbocycles. The Hall–Kier alpha value is -0.770. The van der Waals surface area contributed by atoms with Crippen LogP contribution in [0.25, 0.3) is 0 Å². The molecule has 0 bridgehead atoms. The smallest absolute Gasteiger partial charge is 0.407 e. The van der Waals surface area contributed by atoms with E-state index < -0.39 is 11.6 Å². The van der Waals surface area contributed by atoms with Gasteiger partial charge in [-0.25, -0.2) is 4.79 Å². The van der Waals surface area contributed by atoms with Crippen molar-refractivity contribution >= 4 is 6.09 Å². The minimum Gasteiger partial charge on any atom is -0.448 e. The summed E-state index contributed by atoms with van der Waals surface area (Å²) >= 11 is 0. The van der Waals surface area contributed by atoms with Gasteiger partial charge in [0.05, 0.1) is 0 Å². The van der Waals surface area contributed by atoms with E-state index in [9.17, 15) is 4.79 Å². The second-order valence-electron chi connectivity index (χ2n) is 3.86. The Kier molecular flexibility index (Phi) is 4.03. The third-order valence-corrected chi connectivity index (χ3v) is 0.982. The number of rotatable bonds is 3. The molecule has 0 aliphatic rings. The van der Waals surface area contributed by atoms with Crippen molar-refractivity contribution in [3.63, 3.8) is 0 Å². The van der Waals surface area contributed by atoms with Crippen molar-refractivity contribution in [2.75, 3.05) is 6.61 Å². The predicted molar refractivity (Wildman–Crippen MR) is 47.9 cm³/mol. The average Bonchev–Trinajstić information content (AvgIpc) is 1.80. The lowest BCUT2D eigenvalue weighted by Crippen LogP contribution is -2.41. The van der Waals surface area contributed by atoms with E-state index in [1.165, 1.54) is 0 Å². The van der Waals surface area contributed by atoms with Crippen LogP contribution < -0.4 is 11.1 Å². The highest BCUT2D eigenvalue weighted by molar-refractivity contribution is 5.67. The number of hydrogen-bond donors (Lipinski definition) is 2. The molecular formula is C8H18N2O2. The quantitative estimate of drug-likeness (QED) is 0.667. The van der Waals surface area contributed by atoms with Crippen LogP contribution in [0.2, 0.25) is 0 Å². The van der Waals surface area contributed by atoms with E-state index in [1.807, 2.05) is 13.8 Å². The first-order valence-corrected chi connectivity index (χ1v) is 4.03. The third kappa shape index (κ3) is 7.34. The Morgan fingerprint density at radius 3 is 2.42 bits per heavy atom.